The zero-order valence-electron chi connectivity index (χ0n) is 8.29. The first kappa shape index (κ1) is 10.8. The molecule has 13 heavy (non-hydrogen) atoms. The summed E-state index contributed by atoms with van der Waals surface area (Å²) in [4.78, 5) is 0. The molecule has 4 heteroatoms. The SMILES string of the molecule is CO[Si](OC)OC=CC1CCCC1. The molecule has 0 N–H and O–H groups in total. The van der Waals surface area contributed by atoms with Gasteiger partial charge in [-0.25, -0.2) is 0 Å². The Labute approximate surface area is 81.7 Å². The van der Waals surface area contributed by atoms with E-state index < -0.39 is 9.53 Å². The molecule has 0 spiro atoms. The molecule has 0 atom stereocenters. The fourth-order valence-corrected chi connectivity index (χ4v) is 2.08. The molecule has 0 bridgehead atoms. The lowest BCUT2D eigenvalue weighted by Gasteiger charge is -2.07. The predicted molar refractivity (Wildman–Crippen MR) is 52.0 cm³/mol. The van der Waals surface area contributed by atoms with Crippen LogP contribution in [0.15, 0.2) is 12.3 Å². The highest BCUT2D eigenvalue weighted by Gasteiger charge is 2.16. The quantitative estimate of drug-likeness (QED) is 0.503. The van der Waals surface area contributed by atoms with E-state index in [4.69, 9.17) is 13.3 Å². The van der Waals surface area contributed by atoms with Gasteiger partial charge in [0.05, 0.1) is 6.26 Å². The van der Waals surface area contributed by atoms with Crippen molar-refractivity contribution < 1.29 is 13.3 Å². The molecule has 0 aliphatic heterocycles. The van der Waals surface area contributed by atoms with E-state index in [-0.39, 0.29) is 0 Å². The first-order valence-corrected chi connectivity index (χ1v) is 5.87. The van der Waals surface area contributed by atoms with Crippen LogP contribution in [0.2, 0.25) is 0 Å². The highest BCUT2D eigenvalue weighted by atomic mass is 28.3. The van der Waals surface area contributed by atoms with Crippen molar-refractivity contribution in [3.63, 3.8) is 0 Å². The minimum absolute atomic E-state index is 0.706. The van der Waals surface area contributed by atoms with Crippen molar-refractivity contribution in [2.24, 2.45) is 5.92 Å². The molecule has 0 heterocycles. The molecule has 1 fully saturated rings. The Morgan fingerprint density at radius 1 is 1.15 bits per heavy atom. The topological polar surface area (TPSA) is 27.7 Å². The minimum Gasteiger partial charge on any atom is -0.505 e. The first-order chi connectivity index (χ1) is 6.36. The standard InChI is InChI=1S/C9H17O3Si/c1-10-13(11-2)12-8-7-9-5-3-4-6-9/h7-9H,3-6H2,1-2H3. The largest absolute Gasteiger partial charge is 0.655 e. The molecule has 0 aromatic rings. The van der Waals surface area contributed by atoms with E-state index in [9.17, 15) is 0 Å². The Bertz CT molecular complexity index is 151. The molecule has 1 saturated carbocycles. The third-order valence-electron chi connectivity index (χ3n) is 2.25. The van der Waals surface area contributed by atoms with E-state index in [0.717, 1.165) is 0 Å². The van der Waals surface area contributed by atoms with Crippen molar-refractivity contribution in [1.82, 2.24) is 0 Å². The summed E-state index contributed by atoms with van der Waals surface area (Å²) in [5, 5.41) is 0. The number of rotatable bonds is 5. The molecular weight excluding hydrogens is 184 g/mol. The van der Waals surface area contributed by atoms with Crippen LogP contribution in [0.4, 0.5) is 0 Å². The zero-order chi connectivity index (χ0) is 9.52. The molecule has 0 unspecified atom stereocenters. The van der Waals surface area contributed by atoms with Crippen LogP contribution < -0.4 is 0 Å². The molecule has 0 saturated heterocycles. The van der Waals surface area contributed by atoms with Gasteiger partial charge in [-0.3, -0.25) is 0 Å². The van der Waals surface area contributed by atoms with Crippen LogP contribution in [0.3, 0.4) is 0 Å². The van der Waals surface area contributed by atoms with Gasteiger partial charge >= 0.3 is 9.53 Å². The van der Waals surface area contributed by atoms with Gasteiger partial charge in [-0.05, 0) is 24.8 Å². The number of allylic oxidation sites excluding steroid dienone is 1. The van der Waals surface area contributed by atoms with E-state index in [0.29, 0.717) is 5.92 Å². The maximum absolute atomic E-state index is 5.28. The highest BCUT2D eigenvalue weighted by molar-refractivity contribution is 6.36. The van der Waals surface area contributed by atoms with Gasteiger partial charge in [0.25, 0.3) is 0 Å². The van der Waals surface area contributed by atoms with Crippen LogP contribution in [-0.4, -0.2) is 23.7 Å². The fraction of sp³-hybridized carbons (Fsp3) is 0.778. The summed E-state index contributed by atoms with van der Waals surface area (Å²) in [6, 6.07) is 0. The summed E-state index contributed by atoms with van der Waals surface area (Å²) < 4.78 is 15.2. The third-order valence-corrected chi connectivity index (χ3v) is 3.24. The van der Waals surface area contributed by atoms with Gasteiger partial charge in [0.15, 0.2) is 0 Å². The van der Waals surface area contributed by atoms with Crippen molar-refractivity contribution >= 4 is 9.53 Å². The van der Waals surface area contributed by atoms with E-state index in [1.54, 1.807) is 20.5 Å². The number of hydrogen-bond donors (Lipinski definition) is 0. The van der Waals surface area contributed by atoms with Gasteiger partial charge in [-0.2, -0.15) is 0 Å². The van der Waals surface area contributed by atoms with Gasteiger partial charge < -0.3 is 13.3 Å². The Morgan fingerprint density at radius 3 is 2.31 bits per heavy atom. The van der Waals surface area contributed by atoms with Crippen LogP contribution in [0.1, 0.15) is 25.7 Å². The second kappa shape index (κ2) is 6.18. The molecule has 1 aliphatic rings. The van der Waals surface area contributed by atoms with E-state index >= 15 is 0 Å². The average Bonchev–Trinajstić information content (AvgIpc) is 2.65. The lowest BCUT2D eigenvalue weighted by Crippen LogP contribution is -2.21. The summed E-state index contributed by atoms with van der Waals surface area (Å²) in [6.07, 6.45) is 9.14. The van der Waals surface area contributed by atoms with Gasteiger partial charge in [0.1, 0.15) is 0 Å². The average molecular weight is 201 g/mol. The molecule has 1 radical (unpaired) electrons. The summed E-state index contributed by atoms with van der Waals surface area (Å²) in [5.41, 5.74) is 0. The molecule has 3 nitrogen and oxygen atoms in total. The molecule has 0 amide bonds. The van der Waals surface area contributed by atoms with E-state index in [1.807, 2.05) is 0 Å². The van der Waals surface area contributed by atoms with Crippen LogP contribution in [0.25, 0.3) is 0 Å². The summed E-state index contributed by atoms with van der Waals surface area (Å²) in [6.45, 7) is 0. The minimum atomic E-state index is -1.50. The van der Waals surface area contributed by atoms with Crippen molar-refractivity contribution in [2.75, 3.05) is 14.2 Å². The van der Waals surface area contributed by atoms with Crippen molar-refractivity contribution in [2.45, 2.75) is 25.7 Å². The first-order valence-electron chi connectivity index (χ1n) is 4.65. The third kappa shape index (κ3) is 3.93. The van der Waals surface area contributed by atoms with Crippen LogP contribution in [0.5, 0.6) is 0 Å². The normalized spacial score (nSPS) is 19.0. The Kier molecular flexibility index (Phi) is 5.11. The summed E-state index contributed by atoms with van der Waals surface area (Å²) in [5.74, 6) is 0.706. The Balaban J connectivity index is 2.15. The predicted octanol–water partition coefficient (Wildman–Crippen LogP) is 1.98. The fourth-order valence-electron chi connectivity index (χ4n) is 1.54. The maximum Gasteiger partial charge on any atom is 0.655 e. The smallest absolute Gasteiger partial charge is 0.505 e. The Morgan fingerprint density at radius 2 is 1.77 bits per heavy atom. The summed E-state index contributed by atoms with van der Waals surface area (Å²) >= 11 is 0. The van der Waals surface area contributed by atoms with E-state index in [1.165, 1.54) is 25.7 Å². The van der Waals surface area contributed by atoms with Gasteiger partial charge in [0, 0.05) is 14.2 Å². The molecule has 1 rings (SSSR count). The second-order valence-electron chi connectivity index (χ2n) is 3.15. The van der Waals surface area contributed by atoms with Crippen LogP contribution in [0, 0.1) is 5.92 Å². The number of hydrogen-bond acceptors (Lipinski definition) is 3. The van der Waals surface area contributed by atoms with Crippen molar-refractivity contribution in [3.8, 4) is 0 Å². The molecule has 0 aromatic carbocycles. The molecule has 75 valence electrons. The van der Waals surface area contributed by atoms with Crippen LogP contribution >= 0.6 is 0 Å². The second-order valence-corrected chi connectivity index (χ2v) is 4.70. The maximum atomic E-state index is 5.28. The highest BCUT2D eigenvalue weighted by Crippen LogP contribution is 2.25. The zero-order valence-corrected chi connectivity index (χ0v) is 9.29. The molecule has 1 aliphatic carbocycles. The lowest BCUT2D eigenvalue weighted by atomic mass is 10.1. The summed E-state index contributed by atoms with van der Waals surface area (Å²) in [7, 11) is 1.70. The van der Waals surface area contributed by atoms with Gasteiger partial charge in [0.2, 0.25) is 0 Å². The molecule has 0 aromatic heterocycles. The Hall–Kier alpha value is -0.323. The lowest BCUT2D eigenvalue weighted by molar-refractivity contribution is 0.181. The van der Waals surface area contributed by atoms with Gasteiger partial charge in [-0.15, -0.1) is 0 Å². The van der Waals surface area contributed by atoms with Crippen LogP contribution in [-0.2, 0) is 13.3 Å². The van der Waals surface area contributed by atoms with Crippen molar-refractivity contribution in [3.05, 3.63) is 12.3 Å². The van der Waals surface area contributed by atoms with Crippen molar-refractivity contribution in [1.29, 1.82) is 0 Å². The molecular formula is C9H17O3Si. The monoisotopic (exact) mass is 201 g/mol. The van der Waals surface area contributed by atoms with E-state index in [2.05, 4.69) is 6.08 Å². The van der Waals surface area contributed by atoms with Gasteiger partial charge in [-0.1, -0.05) is 12.8 Å².